The van der Waals surface area contributed by atoms with E-state index in [1.807, 2.05) is 12.1 Å². The van der Waals surface area contributed by atoms with Crippen molar-refractivity contribution < 1.29 is 18.7 Å². The van der Waals surface area contributed by atoms with Gasteiger partial charge in [-0.15, -0.1) is 0 Å². The van der Waals surface area contributed by atoms with Crippen LogP contribution in [0.1, 0.15) is 37.7 Å². The van der Waals surface area contributed by atoms with E-state index in [-0.39, 0.29) is 18.5 Å². The minimum atomic E-state index is -0.448. The van der Waals surface area contributed by atoms with Crippen LogP contribution >= 0.6 is 0 Å². The van der Waals surface area contributed by atoms with E-state index in [1.54, 1.807) is 13.2 Å². The Balaban J connectivity index is 1.35. The Labute approximate surface area is 157 Å². The van der Waals surface area contributed by atoms with Crippen LogP contribution in [0.15, 0.2) is 33.5 Å². The molecule has 0 atom stereocenters. The first-order valence-electron chi connectivity index (χ1n) is 9.88. The fraction of sp³-hybridized carbons (Fsp3) is 0.545. The van der Waals surface area contributed by atoms with Gasteiger partial charge < -0.3 is 13.9 Å². The van der Waals surface area contributed by atoms with Crippen molar-refractivity contribution in [2.24, 2.45) is 29.6 Å². The van der Waals surface area contributed by atoms with Gasteiger partial charge in [0.15, 0.2) is 0 Å². The highest BCUT2D eigenvalue weighted by Crippen LogP contribution is 2.56. The summed E-state index contributed by atoms with van der Waals surface area (Å²) in [5.41, 5.74) is 0.681. The van der Waals surface area contributed by atoms with Crippen LogP contribution in [-0.2, 0) is 16.1 Å². The molecule has 4 aliphatic carbocycles. The normalized spacial score (nSPS) is 31.2. The molecule has 0 saturated heterocycles. The zero-order valence-corrected chi connectivity index (χ0v) is 15.5. The molecule has 0 aliphatic heterocycles. The maximum Gasteiger partial charge on any atom is 0.336 e. The third-order valence-corrected chi connectivity index (χ3v) is 6.91. The van der Waals surface area contributed by atoms with Crippen LogP contribution in [0.5, 0.6) is 5.75 Å². The lowest BCUT2D eigenvalue weighted by Gasteiger charge is -2.53. The highest BCUT2D eigenvalue weighted by atomic mass is 16.5. The lowest BCUT2D eigenvalue weighted by Crippen LogP contribution is -2.48. The molecule has 1 heterocycles. The summed E-state index contributed by atoms with van der Waals surface area (Å²) in [6.45, 7) is 0.107. The van der Waals surface area contributed by atoms with E-state index < -0.39 is 5.63 Å². The van der Waals surface area contributed by atoms with Crippen molar-refractivity contribution in [1.29, 1.82) is 0 Å². The van der Waals surface area contributed by atoms with E-state index in [9.17, 15) is 9.59 Å². The predicted octanol–water partition coefficient (Wildman–Crippen LogP) is 3.92. The fourth-order valence-electron chi connectivity index (χ4n) is 6.01. The van der Waals surface area contributed by atoms with Gasteiger partial charge in [0.1, 0.15) is 17.9 Å². The Morgan fingerprint density at radius 2 is 1.78 bits per heavy atom. The van der Waals surface area contributed by atoms with Gasteiger partial charge in [-0.3, -0.25) is 4.79 Å². The lowest BCUT2D eigenvalue weighted by molar-refractivity contribution is -0.163. The van der Waals surface area contributed by atoms with Crippen LogP contribution in [0, 0.1) is 29.6 Å². The smallest absolute Gasteiger partial charge is 0.336 e. The minimum Gasteiger partial charge on any atom is -0.497 e. The Hall–Kier alpha value is -2.30. The molecular formula is C22H24O5. The average Bonchev–Trinajstić information content (AvgIpc) is 2.64. The van der Waals surface area contributed by atoms with Crippen molar-refractivity contribution in [2.45, 2.75) is 38.7 Å². The molecule has 4 aliphatic rings. The summed E-state index contributed by atoms with van der Waals surface area (Å²) in [5, 5.41) is 0.772. The Morgan fingerprint density at radius 1 is 1.07 bits per heavy atom. The van der Waals surface area contributed by atoms with Crippen LogP contribution in [-0.4, -0.2) is 13.1 Å². The highest BCUT2D eigenvalue weighted by Gasteiger charge is 2.51. The molecule has 1 aromatic carbocycles. The minimum absolute atomic E-state index is 0.0456. The molecule has 0 unspecified atom stereocenters. The van der Waals surface area contributed by atoms with Gasteiger partial charge in [-0.25, -0.2) is 4.79 Å². The second-order valence-electron chi connectivity index (χ2n) is 8.52. The summed E-state index contributed by atoms with van der Waals surface area (Å²) in [4.78, 5) is 24.8. The molecule has 4 saturated carbocycles. The molecule has 6 rings (SSSR count). The summed E-state index contributed by atoms with van der Waals surface area (Å²) in [5.74, 6) is 3.23. The van der Waals surface area contributed by atoms with E-state index >= 15 is 0 Å². The quantitative estimate of drug-likeness (QED) is 0.604. The topological polar surface area (TPSA) is 65.7 Å². The molecule has 0 spiro atoms. The van der Waals surface area contributed by atoms with E-state index in [1.165, 1.54) is 38.2 Å². The summed E-state index contributed by atoms with van der Waals surface area (Å²) >= 11 is 0. The van der Waals surface area contributed by atoms with Crippen LogP contribution in [0.25, 0.3) is 11.0 Å². The van der Waals surface area contributed by atoms with Crippen LogP contribution in [0.2, 0.25) is 0 Å². The number of hydrogen-bond acceptors (Lipinski definition) is 5. The monoisotopic (exact) mass is 368 g/mol. The van der Waals surface area contributed by atoms with Crippen LogP contribution in [0.4, 0.5) is 0 Å². The lowest BCUT2D eigenvalue weighted by atomic mass is 9.52. The zero-order valence-electron chi connectivity index (χ0n) is 15.5. The van der Waals surface area contributed by atoms with Crippen molar-refractivity contribution >= 4 is 16.9 Å². The number of fused-ring (bicyclic) bond motifs is 1. The fourth-order valence-corrected chi connectivity index (χ4v) is 6.01. The maximum absolute atomic E-state index is 12.9. The molecule has 27 heavy (non-hydrogen) atoms. The van der Waals surface area contributed by atoms with Crippen molar-refractivity contribution in [3.63, 3.8) is 0 Å². The molecule has 4 fully saturated rings. The number of esters is 1. The van der Waals surface area contributed by atoms with E-state index in [2.05, 4.69) is 0 Å². The van der Waals surface area contributed by atoms with Crippen LogP contribution < -0.4 is 10.4 Å². The first-order chi connectivity index (χ1) is 13.1. The van der Waals surface area contributed by atoms with Gasteiger partial charge in [0.05, 0.1) is 13.0 Å². The largest absolute Gasteiger partial charge is 0.497 e. The number of hydrogen-bond donors (Lipinski definition) is 0. The number of methoxy groups -OCH3 is 1. The van der Waals surface area contributed by atoms with Crippen molar-refractivity contribution in [3.8, 4) is 5.75 Å². The first kappa shape index (κ1) is 16.8. The molecular weight excluding hydrogens is 344 g/mol. The van der Waals surface area contributed by atoms with Gasteiger partial charge in [0.25, 0.3) is 0 Å². The molecule has 0 amide bonds. The number of carbonyl (C=O) groups is 1. The third kappa shape index (κ3) is 2.93. The van der Waals surface area contributed by atoms with E-state index in [0.29, 0.717) is 28.7 Å². The Bertz CT molecular complexity index is 915. The van der Waals surface area contributed by atoms with Gasteiger partial charge in [-0.1, -0.05) is 0 Å². The van der Waals surface area contributed by atoms with Gasteiger partial charge in [0, 0.05) is 23.1 Å². The number of ether oxygens (including phenoxy) is 2. The van der Waals surface area contributed by atoms with Gasteiger partial charge in [-0.2, -0.15) is 0 Å². The second-order valence-corrected chi connectivity index (χ2v) is 8.52. The van der Waals surface area contributed by atoms with Gasteiger partial charge in [0.2, 0.25) is 0 Å². The number of carbonyl (C=O) groups excluding carboxylic acids is 1. The standard InChI is InChI=1S/C22H24O5/c1-25-17-2-3-18-16(9-20(23)27-19(18)10-17)11-26-22(24)21-14-5-12-4-13(7-14)8-15(21)6-12/h2-3,9-10,12-15,21H,4-8,11H2,1H3. The molecule has 0 radical (unpaired) electrons. The first-order valence-corrected chi connectivity index (χ1v) is 9.88. The predicted molar refractivity (Wildman–Crippen MR) is 99.4 cm³/mol. The zero-order chi connectivity index (χ0) is 18.5. The molecule has 4 bridgehead atoms. The average molecular weight is 368 g/mol. The van der Waals surface area contributed by atoms with Gasteiger partial charge >= 0.3 is 11.6 Å². The van der Waals surface area contributed by atoms with Crippen molar-refractivity contribution in [1.82, 2.24) is 0 Å². The molecule has 5 heteroatoms. The number of rotatable bonds is 4. The SMILES string of the molecule is COc1ccc2c(COC(=O)C3C4CC5CC(C4)CC3C5)cc(=O)oc2c1. The third-order valence-electron chi connectivity index (χ3n) is 6.91. The highest BCUT2D eigenvalue weighted by molar-refractivity contribution is 5.82. The second kappa shape index (κ2) is 6.39. The molecule has 142 valence electrons. The van der Waals surface area contributed by atoms with Crippen molar-refractivity contribution in [3.05, 3.63) is 40.2 Å². The number of benzene rings is 1. The summed E-state index contributed by atoms with van der Waals surface area (Å²) in [6.07, 6.45) is 6.10. The maximum atomic E-state index is 12.9. The van der Waals surface area contributed by atoms with Crippen molar-refractivity contribution in [2.75, 3.05) is 7.11 Å². The summed E-state index contributed by atoms with van der Waals surface area (Å²) in [7, 11) is 1.57. The van der Waals surface area contributed by atoms with E-state index in [4.69, 9.17) is 13.9 Å². The molecule has 5 nitrogen and oxygen atoms in total. The summed E-state index contributed by atoms with van der Waals surface area (Å²) in [6, 6.07) is 6.74. The van der Waals surface area contributed by atoms with Crippen LogP contribution in [0.3, 0.4) is 0 Å². The Morgan fingerprint density at radius 3 is 2.44 bits per heavy atom. The molecule has 2 aromatic rings. The molecule has 1 aromatic heterocycles. The summed E-state index contributed by atoms with van der Waals surface area (Å²) < 4.78 is 16.2. The molecule has 0 N–H and O–H groups in total. The Kier molecular flexibility index (Phi) is 3.99. The van der Waals surface area contributed by atoms with Gasteiger partial charge in [-0.05, 0) is 67.9 Å². The van der Waals surface area contributed by atoms with E-state index in [0.717, 1.165) is 17.2 Å².